The lowest BCUT2D eigenvalue weighted by atomic mass is 10.2. The maximum atomic E-state index is 8.97. The molecule has 0 bridgehead atoms. The number of rotatable bonds is 4. The van der Waals surface area contributed by atoms with E-state index in [9.17, 15) is 0 Å². The first-order chi connectivity index (χ1) is 6.94. The van der Waals surface area contributed by atoms with Gasteiger partial charge in [0.05, 0.1) is 14.2 Å². The van der Waals surface area contributed by atoms with Crippen LogP contribution in [0.15, 0.2) is 18.2 Å². The van der Waals surface area contributed by atoms with E-state index in [2.05, 4.69) is 0 Å². The van der Waals surface area contributed by atoms with Crippen molar-refractivity contribution in [2.45, 2.75) is 6.04 Å². The van der Waals surface area contributed by atoms with Crippen LogP contribution in [0.5, 0.6) is 11.5 Å². The van der Waals surface area contributed by atoms with Crippen LogP contribution in [0.4, 0.5) is 0 Å². The van der Waals surface area contributed by atoms with Gasteiger partial charge in [-0.2, -0.15) is 0 Å². The maximum absolute atomic E-state index is 8.97. The summed E-state index contributed by atoms with van der Waals surface area (Å²) in [6.07, 6.45) is 0. The smallest absolute Gasteiger partial charge is 0.497 e. The average Bonchev–Trinajstić information content (AvgIpc) is 2.14. The van der Waals surface area contributed by atoms with Crippen molar-refractivity contribution in [3.63, 3.8) is 0 Å². The van der Waals surface area contributed by atoms with E-state index in [1.54, 1.807) is 18.2 Å². The van der Waals surface area contributed by atoms with E-state index in [0.717, 1.165) is 0 Å². The minimum absolute atomic E-state index is 0.180. The first-order valence-corrected chi connectivity index (χ1v) is 6.38. The lowest BCUT2D eigenvalue weighted by Gasteiger charge is -2.11. The SMILES string of the molecule is COc1cc(C[Si](O)(O)O)cc(OC)c1. The van der Waals surface area contributed by atoms with Gasteiger partial charge in [0.25, 0.3) is 0 Å². The lowest BCUT2D eigenvalue weighted by molar-refractivity contribution is 0.227. The van der Waals surface area contributed by atoms with Gasteiger partial charge >= 0.3 is 8.80 Å². The molecule has 0 spiro atoms. The van der Waals surface area contributed by atoms with Crippen molar-refractivity contribution < 1.29 is 23.9 Å². The number of hydrogen-bond donors (Lipinski definition) is 3. The summed E-state index contributed by atoms with van der Waals surface area (Å²) in [5.41, 5.74) is 0.561. The summed E-state index contributed by atoms with van der Waals surface area (Å²) in [4.78, 5) is 26.9. The highest BCUT2D eigenvalue weighted by atomic mass is 28.4. The Morgan fingerprint density at radius 3 is 1.80 bits per heavy atom. The average molecular weight is 230 g/mol. The second kappa shape index (κ2) is 4.62. The highest BCUT2D eigenvalue weighted by molar-refractivity contribution is 6.55. The Balaban J connectivity index is 2.97. The number of methoxy groups -OCH3 is 2. The Kier molecular flexibility index (Phi) is 3.70. The number of ether oxygens (including phenoxy) is 2. The molecule has 3 N–H and O–H groups in total. The Morgan fingerprint density at radius 2 is 1.47 bits per heavy atom. The van der Waals surface area contributed by atoms with Crippen molar-refractivity contribution in [1.29, 1.82) is 0 Å². The van der Waals surface area contributed by atoms with Gasteiger partial charge in [-0.05, 0) is 17.7 Å². The van der Waals surface area contributed by atoms with E-state index in [0.29, 0.717) is 17.1 Å². The number of benzene rings is 1. The van der Waals surface area contributed by atoms with Crippen molar-refractivity contribution in [1.82, 2.24) is 0 Å². The summed E-state index contributed by atoms with van der Waals surface area (Å²) in [6.45, 7) is 0. The first-order valence-electron chi connectivity index (χ1n) is 4.33. The fraction of sp³-hybridized carbons (Fsp3) is 0.333. The van der Waals surface area contributed by atoms with Gasteiger partial charge in [-0.25, -0.2) is 0 Å². The molecule has 0 aromatic heterocycles. The minimum atomic E-state index is -4.08. The van der Waals surface area contributed by atoms with Crippen LogP contribution in [-0.4, -0.2) is 37.4 Å². The molecular formula is C9H14O5Si. The molecule has 0 fully saturated rings. The summed E-state index contributed by atoms with van der Waals surface area (Å²) in [5, 5.41) is 0. The zero-order valence-electron chi connectivity index (χ0n) is 8.60. The van der Waals surface area contributed by atoms with Crippen molar-refractivity contribution in [3.8, 4) is 11.5 Å². The van der Waals surface area contributed by atoms with Crippen LogP contribution in [0.2, 0.25) is 0 Å². The lowest BCUT2D eigenvalue weighted by Crippen LogP contribution is -2.37. The molecule has 0 saturated heterocycles. The summed E-state index contributed by atoms with van der Waals surface area (Å²) < 4.78 is 10.0. The Labute approximate surface area is 88.9 Å². The molecule has 5 nitrogen and oxygen atoms in total. The van der Waals surface area contributed by atoms with Crippen molar-refractivity contribution in [2.75, 3.05) is 14.2 Å². The van der Waals surface area contributed by atoms with E-state index < -0.39 is 8.80 Å². The summed E-state index contributed by atoms with van der Waals surface area (Å²) >= 11 is 0. The second-order valence-corrected chi connectivity index (χ2v) is 5.07. The molecule has 0 saturated carbocycles. The van der Waals surface area contributed by atoms with Gasteiger partial charge in [0.15, 0.2) is 0 Å². The predicted molar refractivity (Wildman–Crippen MR) is 55.7 cm³/mol. The molecule has 0 unspecified atom stereocenters. The second-order valence-electron chi connectivity index (χ2n) is 3.17. The van der Waals surface area contributed by atoms with Crippen LogP contribution in [0.3, 0.4) is 0 Å². The molecule has 6 heteroatoms. The predicted octanol–water partition coefficient (Wildman–Crippen LogP) is -0.299. The fourth-order valence-electron chi connectivity index (χ4n) is 1.24. The van der Waals surface area contributed by atoms with Crippen LogP contribution in [0.1, 0.15) is 5.56 Å². The van der Waals surface area contributed by atoms with Crippen LogP contribution >= 0.6 is 0 Å². The van der Waals surface area contributed by atoms with E-state index in [1.807, 2.05) is 0 Å². The van der Waals surface area contributed by atoms with Crippen molar-refractivity contribution >= 4 is 8.80 Å². The van der Waals surface area contributed by atoms with Crippen LogP contribution in [0.25, 0.3) is 0 Å². The topological polar surface area (TPSA) is 79.2 Å². The largest absolute Gasteiger partial charge is 0.497 e. The van der Waals surface area contributed by atoms with Gasteiger partial charge in [-0.3, -0.25) is 0 Å². The molecule has 1 aromatic carbocycles. The van der Waals surface area contributed by atoms with Gasteiger partial charge in [-0.1, -0.05) is 0 Å². The molecular weight excluding hydrogens is 216 g/mol. The van der Waals surface area contributed by atoms with E-state index in [4.69, 9.17) is 23.9 Å². The van der Waals surface area contributed by atoms with Gasteiger partial charge in [0.1, 0.15) is 11.5 Å². The Morgan fingerprint density at radius 1 is 1.00 bits per heavy atom. The molecule has 1 aromatic rings. The quantitative estimate of drug-likeness (QED) is 0.619. The zero-order valence-corrected chi connectivity index (χ0v) is 9.60. The van der Waals surface area contributed by atoms with Crippen LogP contribution < -0.4 is 9.47 Å². The molecule has 84 valence electrons. The van der Waals surface area contributed by atoms with E-state index in [-0.39, 0.29) is 6.04 Å². The standard InChI is InChI=1S/C9H14O5Si/c1-13-8-3-7(6-15(10,11)12)4-9(5-8)14-2/h3-5,10-12H,6H2,1-2H3. The van der Waals surface area contributed by atoms with Crippen LogP contribution in [0, 0.1) is 0 Å². The van der Waals surface area contributed by atoms with Gasteiger partial charge in [0.2, 0.25) is 0 Å². The third-order valence-electron chi connectivity index (χ3n) is 1.85. The molecule has 0 aliphatic rings. The van der Waals surface area contributed by atoms with E-state index >= 15 is 0 Å². The summed E-state index contributed by atoms with van der Waals surface area (Å²) in [5.74, 6) is 1.09. The normalized spacial score (nSPS) is 11.3. The highest BCUT2D eigenvalue weighted by Gasteiger charge is 2.27. The fourth-order valence-corrected chi connectivity index (χ4v) is 1.99. The number of hydrogen-bond acceptors (Lipinski definition) is 5. The third-order valence-corrected chi connectivity index (χ3v) is 2.74. The molecule has 1 rings (SSSR count). The molecule has 0 heterocycles. The minimum Gasteiger partial charge on any atom is -0.497 e. The molecule has 0 amide bonds. The van der Waals surface area contributed by atoms with Gasteiger partial charge in [0, 0.05) is 12.1 Å². The van der Waals surface area contributed by atoms with E-state index in [1.165, 1.54) is 14.2 Å². The van der Waals surface area contributed by atoms with Crippen LogP contribution in [-0.2, 0) is 6.04 Å². The van der Waals surface area contributed by atoms with Crippen molar-refractivity contribution in [3.05, 3.63) is 23.8 Å². The molecule has 0 aliphatic carbocycles. The summed E-state index contributed by atoms with van der Waals surface area (Å²) in [7, 11) is -1.08. The van der Waals surface area contributed by atoms with Crippen molar-refractivity contribution in [2.24, 2.45) is 0 Å². The van der Waals surface area contributed by atoms with Gasteiger partial charge < -0.3 is 23.9 Å². The molecule has 15 heavy (non-hydrogen) atoms. The Hall–Kier alpha value is -1.08. The summed E-state index contributed by atoms with van der Waals surface area (Å²) in [6, 6.07) is 4.72. The molecule has 0 atom stereocenters. The zero-order chi connectivity index (χ0) is 11.5. The van der Waals surface area contributed by atoms with Gasteiger partial charge in [-0.15, -0.1) is 0 Å². The highest BCUT2D eigenvalue weighted by Crippen LogP contribution is 2.23. The molecule has 0 radical (unpaired) electrons. The maximum Gasteiger partial charge on any atom is 0.497 e. The first kappa shape index (κ1) is 12.0. The third kappa shape index (κ3) is 3.88. The Bertz CT molecular complexity index is 312. The monoisotopic (exact) mass is 230 g/mol. The molecule has 0 aliphatic heterocycles.